The van der Waals surface area contributed by atoms with Gasteiger partial charge in [-0.05, 0) is 37.5 Å². The SMILES string of the molecule is COc1ccc(CCC(=O)N[C@H](C)c2nnc3n2CCC3)cc1OC. The van der Waals surface area contributed by atoms with Crippen LogP contribution >= 0.6 is 0 Å². The molecule has 0 fully saturated rings. The number of carbonyl (C=O) groups is 1. The number of amides is 1. The summed E-state index contributed by atoms with van der Waals surface area (Å²) in [5.41, 5.74) is 1.03. The van der Waals surface area contributed by atoms with Crippen molar-refractivity contribution in [3.8, 4) is 11.5 Å². The topological polar surface area (TPSA) is 78.3 Å². The van der Waals surface area contributed by atoms with Crippen LogP contribution < -0.4 is 14.8 Å². The molecule has 1 amide bonds. The van der Waals surface area contributed by atoms with E-state index in [1.54, 1.807) is 14.2 Å². The lowest BCUT2D eigenvalue weighted by Crippen LogP contribution is -2.28. The molecular weight excluding hydrogens is 320 g/mol. The Balaban J connectivity index is 1.56. The second-order valence-corrected chi connectivity index (χ2v) is 6.21. The summed E-state index contributed by atoms with van der Waals surface area (Å²) in [7, 11) is 3.21. The quantitative estimate of drug-likeness (QED) is 0.832. The number of hydrogen-bond acceptors (Lipinski definition) is 5. The highest BCUT2D eigenvalue weighted by molar-refractivity contribution is 5.76. The molecule has 1 aliphatic heterocycles. The Morgan fingerprint density at radius 1 is 1.28 bits per heavy atom. The molecule has 25 heavy (non-hydrogen) atoms. The van der Waals surface area contributed by atoms with Crippen molar-refractivity contribution in [1.29, 1.82) is 0 Å². The van der Waals surface area contributed by atoms with Crippen LogP contribution in [0.4, 0.5) is 0 Å². The van der Waals surface area contributed by atoms with E-state index in [4.69, 9.17) is 9.47 Å². The van der Waals surface area contributed by atoms with Crippen LogP contribution in [-0.2, 0) is 24.2 Å². The van der Waals surface area contributed by atoms with Gasteiger partial charge in [0.2, 0.25) is 5.91 Å². The van der Waals surface area contributed by atoms with Crippen LogP contribution in [0.2, 0.25) is 0 Å². The second kappa shape index (κ2) is 7.55. The van der Waals surface area contributed by atoms with Crippen molar-refractivity contribution in [2.45, 2.75) is 45.2 Å². The number of nitrogens with one attached hydrogen (secondary N) is 1. The Bertz CT molecular complexity index is 757. The van der Waals surface area contributed by atoms with Gasteiger partial charge >= 0.3 is 0 Å². The van der Waals surface area contributed by atoms with Gasteiger partial charge in [-0.25, -0.2) is 0 Å². The smallest absolute Gasteiger partial charge is 0.220 e. The van der Waals surface area contributed by atoms with Gasteiger partial charge in [-0.15, -0.1) is 10.2 Å². The van der Waals surface area contributed by atoms with Gasteiger partial charge in [-0.3, -0.25) is 4.79 Å². The summed E-state index contributed by atoms with van der Waals surface area (Å²) in [6, 6.07) is 5.57. The van der Waals surface area contributed by atoms with Gasteiger partial charge in [-0.1, -0.05) is 6.07 Å². The summed E-state index contributed by atoms with van der Waals surface area (Å²) in [5.74, 6) is 3.21. The highest BCUT2D eigenvalue weighted by Crippen LogP contribution is 2.28. The van der Waals surface area contributed by atoms with Crippen LogP contribution in [0, 0.1) is 0 Å². The molecule has 1 atom stereocenters. The largest absolute Gasteiger partial charge is 0.493 e. The Hall–Kier alpha value is -2.57. The minimum absolute atomic E-state index is 0.00219. The number of hydrogen-bond donors (Lipinski definition) is 1. The van der Waals surface area contributed by atoms with Crippen molar-refractivity contribution in [1.82, 2.24) is 20.1 Å². The number of aryl methyl sites for hydroxylation is 2. The Labute approximate surface area is 147 Å². The van der Waals surface area contributed by atoms with Crippen LogP contribution in [-0.4, -0.2) is 34.9 Å². The Kier molecular flexibility index (Phi) is 5.21. The van der Waals surface area contributed by atoms with Crippen molar-refractivity contribution >= 4 is 5.91 Å². The first-order valence-electron chi connectivity index (χ1n) is 8.54. The van der Waals surface area contributed by atoms with Crippen LogP contribution in [0.3, 0.4) is 0 Å². The van der Waals surface area contributed by atoms with Gasteiger partial charge in [0.25, 0.3) is 0 Å². The van der Waals surface area contributed by atoms with E-state index in [0.29, 0.717) is 24.3 Å². The number of fused-ring (bicyclic) bond motifs is 1. The molecule has 3 rings (SSSR count). The van der Waals surface area contributed by atoms with E-state index in [-0.39, 0.29) is 11.9 Å². The van der Waals surface area contributed by atoms with Crippen LogP contribution in [0.5, 0.6) is 11.5 Å². The lowest BCUT2D eigenvalue weighted by atomic mass is 10.1. The van der Waals surface area contributed by atoms with Gasteiger partial charge in [0.05, 0.1) is 20.3 Å². The predicted molar refractivity (Wildman–Crippen MR) is 92.8 cm³/mol. The average Bonchev–Trinajstić information content (AvgIpc) is 3.22. The molecule has 1 aliphatic rings. The third kappa shape index (κ3) is 3.75. The van der Waals surface area contributed by atoms with Crippen molar-refractivity contribution in [2.24, 2.45) is 0 Å². The maximum Gasteiger partial charge on any atom is 0.220 e. The number of rotatable bonds is 7. The molecule has 1 aromatic heterocycles. The lowest BCUT2D eigenvalue weighted by molar-refractivity contribution is -0.121. The van der Waals surface area contributed by atoms with Gasteiger partial charge < -0.3 is 19.4 Å². The van der Waals surface area contributed by atoms with Gasteiger partial charge in [0.1, 0.15) is 5.82 Å². The summed E-state index contributed by atoms with van der Waals surface area (Å²) >= 11 is 0. The summed E-state index contributed by atoms with van der Waals surface area (Å²) in [4.78, 5) is 12.3. The van der Waals surface area contributed by atoms with E-state index in [9.17, 15) is 4.79 Å². The number of carbonyl (C=O) groups excluding carboxylic acids is 1. The first kappa shape index (κ1) is 17.3. The minimum Gasteiger partial charge on any atom is -0.493 e. The normalized spacial score (nSPS) is 14.0. The fourth-order valence-corrected chi connectivity index (χ4v) is 3.17. The van der Waals surface area contributed by atoms with Crippen LogP contribution in [0.15, 0.2) is 18.2 Å². The standard InChI is InChI=1S/C18H24N4O3/c1-12(18-21-20-16-5-4-10-22(16)18)19-17(23)9-7-13-6-8-14(24-2)15(11-13)25-3/h6,8,11-12H,4-5,7,9-10H2,1-3H3,(H,19,23)/t12-/m1/s1. The zero-order chi connectivity index (χ0) is 17.8. The molecule has 134 valence electrons. The molecule has 0 spiro atoms. The third-order valence-corrected chi connectivity index (χ3v) is 4.49. The lowest BCUT2D eigenvalue weighted by Gasteiger charge is -2.14. The molecule has 0 unspecified atom stereocenters. The average molecular weight is 344 g/mol. The number of methoxy groups -OCH3 is 2. The van der Waals surface area contributed by atoms with Crippen LogP contribution in [0.25, 0.3) is 0 Å². The van der Waals surface area contributed by atoms with Crippen molar-refractivity contribution < 1.29 is 14.3 Å². The molecule has 0 bridgehead atoms. The second-order valence-electron chi connectivity index (χ2n) is 6.21. The molecule has 0 radical (unpaired) electrons. The molecule has 7 heteroatoms. The number of aromatic nitrogens is 3. The number of ether oxygens (including phenoxy) is 2. The first-order valence-corrected chi connectivity index (χ1v) is 8.54. The summed E-state index contributed by atoms with van der Waals surface area (Å²) < 4.78 is 12.6. The molecule has 0 aliphatic carbocycles. The Morgan fingerprint density at radius 3 is 2.84 bits per heavy atom. The highest BCUT2D eigenvalue weighted by Gasteiger charge is 2.22. The molecular formula is C18H24N4O3. The molecule has 0 saturated heterocycles. The van der Waals surface area contributed by atoms with E-state index in [2.05, 4.69) is 20.1 Å². The van der Waals surface area contributed by atoms with E-state index in [0.717, 1.165) is 36.6 Å². The van der Waals surface area contributed by atoms with E-state index < -0.39 is 0 Å². The van der Waals surface area contributed by atoms with Crippen LogP contribution in [0.1, 0.15) is 43.0 Å². The number of nitrogens with zero attached hydrogens (tertiary/aromatic N) is 3. The van der Waals surface area contributed by atoms with E-state index in [1.807, 2.05) is 25.1 Å². The third-order valence-electron chi connectivity index (χ3n) is 4.49. The number of benzene rings is 1. The van der Waals surface area contributed by atoms with Crippen molar-refractivity contribution in [3.63, 3.8) is 0 Å². The molecule has 7 nitrogen and oxygen atoms in total. The summed E-state index contributed by atoms with van der Waals surface area (Å²) in [6.07, 6.45) is 3.10. The fourth-order valence-electron chi connectivity index (χ4n) is 3.17. The molecule has 2 aromatic rings. The molecule has 1 N–H and O–H groups in total. The van der Waals surface area contributed by atoms with Crippen molar-refractivity contribution in [2.75, 3.05) is 14.2 Å². The molecule has 0 saturated carbocycles. The molecule has 2 heterocycles. The maximum atomic E-state index is 12.3. The highest BCUT2D eigenvalue weighted by atomic mass is 16.5. The molecule has 1 aromatic carbocycles. The van der Waals surface area contributed by atoms with Gasteiger partial charge in [0.15, 0.2) is 17.3 Å². The fraction of sp³-hybridized carbons (Fsp3) is 0.500. The predicted octanol–water partition coefficient (Wildman–Crippen LogP) is 2.05. The minimum atomic E-state index is -0.141. The van der Waals surface area contributed by atoms with E-state index >= 15 is 0 Å². The zero-order valence-corrected chi connectivity index (χ0v) is 14.9. The monoisotopic (exact) mass is 344 g/mol. The summed E-state index contributed by atoms with van der Waals surface area (Å²) in [5, 5.41) is 11.4. The first-order chi connectivity index (χ1) is 12.1. The Morgan fingerprint density at radius 2 is 2.08 bits per heavy atom. The van der Waals surface area contributed by atoms with Gasteiger partial charge in [0, 0.05) is 19.4 Å². The summed E-state index contributed by atoms with van der Waals surface area (Å²) in [6.45, 7) is 2.88. The van der Waals surface area contributed by atoms with Crippen molar-refractivity contribution in [3.05, 3.63) is 35.4 Å². The maximum absolute atomic E-state index is 12.3. The van der Waals surface area contributed by atoms with E-state index in [1.165, 1.54) is 0 Å². The van der Waals surface area contributed by atoms with Gasteiger partial charge in [-0.2, -0.15) is 0 Å². The zero-order valence-electron chi connectivity index (χ0n) is 14.9.